The first-order valence-electron chi connectivity index (χ1n) is 10.3. The highest BCUT2D eigenvalue weighted by molar-refractivity contribution is 7.90. The van der Waals surface area contributed by atoms with E-state index in [0.717, 1.165) is 44.3 Å². The van der Waals surface area contributed by atoms with Crippen molar-refractivity contribution < 1.29 is 13.2 Å². The smallest absolute Gasteiger partial charge is 0.211 e. The number of nitrogens with zero attached hydrogens (tertiary/aromatic N) is 1. The molecule has 0 bridgehead atoms. The van der Waals surface area contributed by atoms with Crippen LogP contribution in [0.25, 0.3) is 0 Å². The fourth-order valence-corrected chi connectivity index (χ4v) is 5.51. The highest BCUT2D eigenvalue weighted by Gasteiger charge is 2.26. The monoisotopic (exact) mass is 414 g/mol. The predicted octanol–water partition coefficient (Wildman–Crippen LogP) is 3.82. The van der Waals surface area contributed by atoms with E-state index in [9.17, 15) is 13.2 Å². The SMILES string of the molecule is CCCN(CCC)[C@@H]1Cc2ccc(CS(=O)(=O)c3ccc(NC=O)cc3)cc2C1. The Labute approximate surface area is 174 Å². The summed E-state index contributed by atoms with van der Waals surface area (Å²) in [5.74, 6) is -0.0148. The molecule has 1 amide bonds. The third-order valence-electron chi connectivity index (χ3n) is 5.52. The molecule has 1 aliphatic rings. The maximum absolute atomic E-state index is 12.8. The summed E-state index contributed by atoms with van der Waals surface area (Å²) in [6.45, 7) is 6.66. The van der Waals surface area contributed by atoms with Crippen molar-refractivity contribution in [2.24, 2.45) is 0 Å². The van der Waals surface area contributed by atoms with E-state index < -0.39 is 9.84 Å². The third kappa shape index (κ3) is 5.25. The van der Waals surface area contributed by atoms with Crippen LogP contribution in [0.15, 0.2) is 47.4 Å². The van der Waals surface area contributed by atoms with Gasteiger partial charge in [-0.2, -0.15) is 0 Å². The van der Waals surface area contributed by atoms with E-state index in [1.54, 1.807) is 12.1 Å². The second-order valence-corrected chi connectivity index (χ2v) is 9.74. The lowest BCUT2D eigenvalue weighted by Crippen LogP contribution is -2.37. The molecule has 1 aliphatic carbocycles. The normalized spacial score (nSPS) is 16.0. The molecule has 3 rings (SSSR count). The van der Waals surface area contributed by atoms with Crippen molar-refractivity contribution in [3.05, 3.63) is 59.2 Å². The molecule has 29 heavy (non-hydrogen) atoms. The van der Waals surface area contributed by atoms with Crippen LogP contribution in [0.5, 0.6) is 0 Å². The standard InChI is InChI=1S/C23H30N2O3S/c1-3-11-25(12-4-2)22-14-19-6-5-18(13-20(19)15-22)16-29(27,28)23-9-7-21(8-10-23)24-17-26/h5-10,13,17,22H,3-4,11-12,14-16H2,1-2H3,(H,24,26)/t22-/m1/s1. The van der Waals surface area contributed by atoms with E-state index in [0.29, 0.717) is 18.1 Å². The number of carbonyl (C=O) groups excluding carboxylic acids is 1. The summed E-state index contributed by atoms with van der Waals surface area (Å²) >= 11 is 0. The first kappa shape index (κ1) is 21.5. The third-order valence-corrected chi connectivity index (χ3v) is 7.22. The molecule has 0 saturated heterocycles. The number of hydrogen-bond acceptors (Lipinski definition) is 4. The Bertz CT molecular complexity index is 933. The molecular weight excluding hydrogens is 384 g/mol. The van der Waals surface area contributed by atoms with Crippen LogP contribution in [0.2, 0.25) is 0 Å². The van der Waals surface area contributed by atoms with E-state index >= 15 is 0 Å². The number of anilines is 1. The fraction of sp³-hybridized carbons (Fsp3) is 0.435. The second kappa shape index (κ2) is 9.55. The van der Waals surface area contributed by atoms with Gasteiger partial charge in [0.2, 0.25) is 6.41 Å². The van der Waals surface area contributed by atoms with Crippen molar-refractivity contribution in [1.29, 1.82) is 0 Å². The zero-order valence-electron chi connectivity index (χ0n) is 17.2. The Morgan fingerprint density at radius 1 is 1.00 bits per heavy atom. The van der Waals surface area contributed by atoms with Crippen molar-refractivity contribution in [3.8, 4) is 0 Å². The number of rotatable bonds is 10. The number of nitrogens with one attached hydrogen (secondary N) is 1. The molecule has 0 radical (unpaired) electrons. The molecule has 156 valence electrons. The average molecular weight is 415 g/mol. The van der Waals surface area contributed by atoms with Gasteiger partial charge in [0, 0.05) is 11.7 Å². The van der Waals surface area contributed by atoms with Gasteiger partial charge in [-0.15, -0.1) is 0 Å². The lowest BCUT2D eigenvalue weighted by Gasteiger charge is -2.27. The summed E-state index contributed by atoms with van der Waals surface area (Å²) in [6.07, 6.45) is 4.92. The van der Waals surface area contributed by atoms with Crippen LogP contribution in [-0.4, -0.2) is 38.9 Å². The molecule has 0 aromatic heterocycles. The van der Waals surface area contributed by atoms with Gasteiger partial charge in [0.05, 0.1) is 10.6 Å². The molecule has 0 saturated carbocycles. The first-order valence-corrected chi connectivity index (χ1v) is 12.0. The first-order chi connectivity index (χ1) is 14.0. The van der Waals surface area contributed by atoms with Gasteiger partial charge >= 0.3 is 0 Å². The van der Waals surface area contributed by atoms with E-state index in [-0.39, 0.29) is 10.6 Å². The molecule has 5 nitrogen and oxygen atoms in total. The zero-order chi connectivity index (χ0) is 20.9. The summed E-state index contributed by atoms with van der Waals surface area (Å²) in [7, 11) is -3.44. The largest absolute Gasteiger partial charge is 0.329 e. The van der Waals surface area contributed by atoms with Crippen LogP contribution in [0.1, 0.15) is 43.4 Å². The van der Waals surface area contributed by atoms with Gasteiger partial charge in [0.1, 0.15) is 0 Å². The average Bonchev–Trinajstić information content (AvgIpc) is 3.11. The van der Waals surface area contributed by atoms with Gasteiger partial charge in [-0.05, 0) is 79.7 Å². The summed E-state index contributed by atoms with van der Waals surface area (Å²) < 4.78 is 25.6. The van der Waals surface area contributed by atoms with Crippen molar-refractivity contribution in [3.63, 3.8) is 0 Å². The van der Waals surface area contributed by atoms with E-state index in [2.05, 4.69) is 36.2 Å². The second-order valence-electron chi connectivity index (χ2n) is 7.75. The minimum absolute atomic E-state index is 0.0148. The number of amides is 1. The topological polar surface area (TPSA) is 66.5 Å². The number of benzene rings is 2. The van der Waals surface area contributed by atoms with Crippen molar-refractivity contribution in [2.45, 2.75) is 56.2 Å². The fourth-order valence-electron chi connectivity index (χ4n) is 4.18. The number of fused-ring (bicyclic) bond motifs is 1. The van der Waals surface area contributed by atoms with Gasteiger partial charge in [0.15, 0.2) is 9.84 Å². The molecule has 2 aromatic rings. The molecule has 0 aliphatic heterocycles. The predicted molar refractivity (Wildman–Crippen MR) is 117 cm³/mol. The lowest BCUT2D eigenvalue weighted by atomic mass is 10.1. The molecule has 1 atom stereocenters. The highest BCUT2D eigenvalue weighted by Crippen LogP contribution is 2.28. The Kier molecular flexibility index (Phi) is 7.09. The number of sulfone groups is 1. The van der Waals surface area contributed by atoms with Crippen molar-refractivity contribution in [1.82, 2.24) is 4.90 Å². The van der Waals surface area contributed by atoms with E-state index in [4.69, 9.17) is 0 Å². The molecule has 1 N–H and O–H groups in total. The molecule has 0 unspecified atom stereocenters. The summed E-state index contributed by atoms with van der Waals surface area (Å²) in [4.78, 5) is 13.3. The number of carbonyl (C=O) groups is 1. The van der Waals surface area contributed by atoms with Gasteiger partial charge < -0.3 is 5.32 Å². The summed E-state index contributed by atoms with van der Waals surface area (Å²) in [6, 6.07) is 12.9. The molecule has 0 fully saturated rings. The van der Waals surface area contributed by atoms with E-state index in [1.807, 2.05) is 6.07 Å². The quantitative estimate of drug-likeness (QED) is 0.600. The maximum atomic E-state index is 12.8. The molecule has 0 heterocycles. The van der Waals surface area contributed by atoms with Crippen LogP contribution >= 0.6 is 0 Å². The van der Waals surface area contributed by atoms with Crippen LogP contribution < -0.4 is 5.32 Å². The summed E-state index contributed by atoms with van der Waals surface area (Å²) in [5, 5.41) is 2.52. The highest BCUT2D eigenvalue weighted by atomic mass is 32.2. The van der Waals surface area contributed by atoms with Crippen molar-refractivity contribution in [2.75, 3.05) is 18.4 Å². The Balaban J connectivity index is 1.72. The lowest BCUT2D eigenvalue weighted by molar-refractivity contribution is -0.105. The maximum Gasteiger partial charge on any atom is 0.211 e. The zero-order valence-corrected chi connectivity index (χ0v) is 18.0. The summed E-state index contributed by atoms with van der Waals surface area (Å²) in [5.41, 5.74) is 4.03. The van der Waals surface area contributed by atoms with Gasteiger partial charge in [-0.25, -0.2) is 8.42 Å². The molecular formula is C23H30N2O3S. The molecule has 2 aromatic carbocycles. The van der Waals surface area contributed by atoms with Gasteiger partial charge in [-0.3, -0.25) is 9.69 Å². The van der Waals surface area contributed by atoms with Crippen LogP contribution in [0.3, 0.4) is 0 Å². The number of hydrogen-bond donors (Lipinski definition) is 1. The van der Waals surface area contributed by atoms with Crippen molar-refractivity contribution >= 4 is 21.9 Å². The van der Waals surface area contributed by atoms with Gasteiger partial charge in [0.25, 0.3) is 0 Å². The Morgan fingerprint density at radius 2 is 1.66 bits per heavy atom. The molecule has 6 heteroatoms. The van der Waals surface area contributed by atoms with Crippen LogP contribution in [0.4, 0.5) is 5.69 Å². The van der Waals surface area contributed by atoms with Crippen LogP contribution in [0, 0.1) is 0 Å². The van der Waals surface area contributed by atoms with Gasteiger partial charge in [-0.1, -0.05) is 32.0 Å². The van der Waals surface area contributed by atoms with Crippen LogP contribution in [-0.2, 0) is 33.2 Å². The minimum Gasteiger partial charge on any atom is -0.329 e. The Morgan fingerprint density at radius 3 is 2.28 bits per heavy atom. The van der Waals surface area contributed by atoms with E-state index in [1.165, 1.54) is 23.3 Å². The Hall–Kier alpha value is -2.18. The molecule has 0 spiro atoms. The minimum atomic E-state index is -3.44.